The van der Waals surface area contributed by atoms with E-state index < -0.39 is 0 Å². The van der Waals surface area contributed by atoms with Crippen LogP contribution >= 0.6 is 0 Å². The fraction of sp³-hybridized carbons (Fsp3) is 0.0952. The number of anilines is 1. The average Bonchev–Trinajstić information content (AvgIpc) is 2.68. The highest BCUT2D eigenvalue weighted by molar-refractivity contribution is 6.04. The van der Waals surface area contributed by atoms with Crippen LogP contribution in [0.15, 0.2) is 72.8 Å². The number of methoxy groups -OCH3 is 2. The number of rotatable bonds is 5. The van der Waals surface area contributed by atoms with E-state index in [0.717, 1.165) is 11.1 Å². The summed E-state index contributed by atoms with van der Waals surface area (Å²) in [6.07, 6.45) is 0. The smallest absolute Gasteiger partial charge is 0.255 e. The molecule has 0 aliphatic carbocycles. The van der Waals surface area contributed by atoms with Crippen LogP contribution in [0, 0.1) is 0 Å². The molecule has 25 heavy (non-hydrogen) atoms. The molecule has 1 amide bonds. The first-order valence-electron chi connectivity index (χ1n) is 7.90. The van der Waals surface area contributed by atoms with Gasteiger partial charge in [0.25, 0.3) is 5.91 Å². The predicted octanol–water partition coefficient (Wildman–Crippen LogP) is 4.62. The molecule has 0 spiro atoms. The van der Waals surface area contributed by atoms with Crippen LogP contribution in [0.1, 0.15) is 10.4 Å². The second kappa shape index (κ2) is 7.53. The summed E-state index contributed by atoms with van der Waals surface area (Å²) in [5, 5.41) is 2.87. The molecule has 3 aromatic rings. The summed E-state index contributed by atoms with van der Waals surface area (Å²) in [5.74, 6) is 1.01. The minimum Gasteiger partial charge on any atom is -0.493 e. The zero-order valence-corrected chi connectivity index (χ0v) is 14.2. The van der Waals surface area contributed by atoms with Crippen molar-refractivity contribution in [1.82, 2.24) is 0 Å². The quantitative estimate of drug-likeness (QED) is 0.741. The van der Waals surface area contributed by atoms with Crippen molar-refractivity contribution in [3.8, 4) is 22.6 Å². The van der Waals surface area contributed by atoms with Crippen LogP contribution in [-0.4, -0.2) is 20.1 Å². The van der Waals surface area contributed by atoms with E-state index in [0.29, 0.717) is 22.7 Å². The monoisotopic (exact) mass is 333 g/mol. The molecule has 0 fully saturated rings. The van der Waals surface area contributed by atoms with Gasteiger partial charge in [0.05, 0.1) is 14.2 Å². The number of nitrogens with one attached hydrogen (secondary N) is 1. The predicted molar refractivity (Wildman–Crippen MR) is 99.4 cm³/mol. The molecule has 0 unspecified atom stereocenters. The summed E-state index contributed by atoms with van der Waals surface area (Å²) in [4.78, 5) is 12.4. The van der Waals surface area contributed by atoms with E-state index in [1.54, 1.807) is 32.4 Å². The van der Waals surface area contributed by atoms with Crippen molar-refractivity contribution in [2.75, 3.05) is 19.5 Å². The van der Waals surface area contributed by atoms with E-state index >= 15 is 0 Å². The van der Waals surface area contributed by atoms with Crippen LogP contribution in [0.3, 0.4) is 0 Å². The van der Waals surface area contributed by atoms with Gasteiger partial charge in [-0.25, -0.2) is 0 Å². The number of ether oxygens (including phenoxy) is 2. The third-order valence-electron chi connectivity index (χ3n) is 3.90. The maximum absolute atomic E-state index is 12.4. The lowest BCUT2D eigenvalue weighted by Crippen LogP contribution is -2.11. The molecule has 0 aliphatic rings. The van der Waals surface area contributed by atoms with Gasteiger partial charge in [-0.2, -0.15) is 0 Å². The van der Waals surface area contributed by atoms with E-state index in [4.69, 9.17) is 9.47 Å². The molecular weight excluding hydrogens is 314 g/mol. The lowest BCUT2D eigenvalue weighted by atomic mass is 10.0. The van der Waals surface area contributed by atoms with Crippen molar-refractivity contribution in [2.45, 2.75) is 0 Å². The lowest BCUT2D eigenvalue weighted by molar-refractivity contribution is 0.102. The third kappa shape index (κ3) is 3.80. The van der Waals surface area contributed by atoms with Gasteiger partial charge in [-0.1, -0.05) is 42.5 Å². The summed E-state index contributed by atoms with van der Waals surface area (Å²) < 4.78 is 10.5. The minimum absolute atomic E-state index is 0.174. The Morgan fingerprint density at radius 3 is 2.04 bits per heavy atom. The molecule has 126 valence electrons. The van der Waals surface area contributed by atoms with Crippen molar-refractivity contribution >= 4 is 11.6 Å². The SMILES string of the molecule is COc1ccc(NC(=O)c2ccc(-c3ccccc3)cc2)cc1OC. The highest BCUT2D eigenvalue weighted by Crippen LogP contribution is 2.30. The molecule has 0 saturated carbocycles. The van der Waals surface area contributed by atoms with Gasteiger partial charge in [-0.3, -0.25) is 4.79 Å². The molecule has 4 nitrogen and oxygen atoms in total. The lowest BCUT2D eigenvalue weighted by Gasteiger charge is -2.11. The summed E-state index contributed by atoms with van der Waals surface area (Å²) in [6.45, 7) is 0. The Balaban J connectivity index is 1.75. The maximum atomic E-state index is 12.4. The van der Waals surface area contributed by atoms with Gasteiger partial charge >= 0.3 is 0 Å². The highest BCUT2D eigenvalue weighted by atomic mass is 16.5. The number of carbonyl (C=O) groups is 1. The Labute approximate surface area is 147 Å². The number of hydrogen-bond donors (Lipinski definition) is 1. The Morgan fingerprint density at radius 2 is 1.40 bits per heavy atom. The van der Waals surface area contributed by atoms with Crippen LogP contribution in [-0.2, 0) is 0 Å². The number of hydrogen-bond acceptors (Lipinski definition) is 3. The molecule has 0 aromatic heterocycles. The van der Waals surface area contributed by atoms with Gasteiger partial charge < -0.3 is 14.8 Å². The van der Waals surface area contributed by atoms with Crippen molar-refractivity contribution in [1.29, 1.82) is 0 Å². The fourth-order valence-corrected chi connectivity index (χ4v) is 2.56. The zero-order valence-electron chi connectivity index (χ0n) is 14.2. The first-order chi connectivity index (χ1) is 12.2. The molecule has 0 saturated heterocycles. The molecule has 0 atom stereocenters. The highest BCUT2D eigenvalue weighted by Gasteiger charge is 2.09. The van der Waals surface area contributed by atoms with E-state index in [2.05, 4.69) is 5.32 Å². The molecular formula is C21H19NO3. The summed E-state index contributed by atoms with van der Waals surface area (Å²) in [6, 6.07) is 22.8. The molecule has 4 heteroatoms. The molecule has 3 rings (SSSR count). The topological polar surface area (TPSA) is 47.6 Å². The van der Waals surface area contributed by atoms with Crippen LogP contribution in [0.2, 0.25) is 0 Å². The number of amides is 1. The summed E-state index contributed by atoms with van der Waals surface area (Å²) >= 11 is 0. The first kappa shape index (κ1) is 16.6. The molecule has 0 heterocycles. The fourth-order valence-electron chi connectivity index (χ4n) is 2.56. The van der Waals surface area contributed by atoms with Gasteiger partial charge in [-0.15, -0.1) is 0 Å². The van der Waals surface area contributed by atoms with E-state index in [1.807, 2.05) is 54.6 Å². The second-order valence-electron chi connectivity index (χ2n) is 5.47. The van der Waals surface area contributed by atoms with Crippen molar-refractivity contribution in [3.63, 3.8) is 0 Å². The minimum atomic E-state index is -0.174. The van der Waals surface area contributed by atoms with Crippen LogP contribution in [0.5, 0.6) is 11.5 Å². The number of carbonyl (C=O) groups excluding carboxylic acids is 1. The van der Waals surface area contributed by atoms with E-state index in [9.17, 15) is 4.79 Å². The molecule has 0 bridgehead atoms. The van der Waals surface area contributed by atoms with Gasteiger partial charge in [0, 0.05) is 17.3 Å². The third-order valence-corrected chi connectivity index (χ3v) is 3.90. The largest absolute Gasteiger partial charge is 0.493 e. The second-order valence-corrected chi connectivity index (χ2v) is 5.47. The Bertz CT molecular complexity index is 858. The van der Waals surface area contributed by atoms with Gasteiger partial charge in [-0.05, 0) is 35.4 Å². The van der Waals surface area contributed by atoms with Crippen LogP contribution in [0.4, 0.5) is 5.69 Å². The van der Waals surface area contributed by atoms with Crippen molar-refractivity contribution in [3.05, 3.63) is 78.4 Å². The zero-order chi connectivity index (χ0) is 17.6. The molecule has 1 N–H and O–H groups in total. The van der Waals surface area contributed by atoms with E-state index in [-0.39, 0.29) is 5.91 Å². The molecule has 3 aromatic carbocycles. The van der Waals surface area contributed by atoms with Crippen molar-refractivity contribution in [2.24, 2.45) is 0 Å². The average molecular weight is 333 g/mol. The normalized spacial score (nSPS) is 10.2. The summed E-state index contributed by atoms with van der Waals surface area (Å²) in [5.41, 5.74) is 3.43. The van der Waals surface area contributed by atoms with E-state index in [1.165, 1.54) is 0 Å². The summed E-state index contributed by atoms with van der Waals surface area (Å²) in [7, 11) is 3.14. The molecule has 0 aliphatic heterocycles. The Morgan fingerprint density at radius 1 is 0.760 bits per heavy atom. The standard InChI is InChI=1S/C21H19NO3/c1-24-19-13-12-18(14-20(19)25-2)22-21(23)17-10-8-16(9-11-17)15-6-4-3-5-7-15/h3-14H,1-2H3,(H,22,23). The first-order valence-corrected chi connectivity index (χ1v) is 7.90. The molecule has 0 radical (unpaired) electrons. The van der Waals surface area contributed by atoms with Crippen molar-refractivity contribution < 1.29 is 14.3 Å². The van der Waals surface area contributed by atoms with Crippen LogP contribution < -0.4 is 14.8 Å². The van der Waals surface area contributed by atoms with Gasteiger partial charge in [0.2, 0.25) is 0 Å². The maximum Gasteiger partial charge on any atom is 0.255 e. The Kier molecular flexibility index (Phi) is 5.00. The van der Waals surface area contributed by atoms with Crippen LogP contribution in [0.25, 0.3) is 11.1 Å². The van der Waals surface area contributed by atoms with Gasteiger partial charge in [0.1, 0.15) is 0 Å². The van der Waals surface area contributed by atoms with Gasteiger partial charge in [0.15, 0.2) is 11.5 Å². The Hall–Kier alpha value is -3.27. The number of benzene rings is 3.